The maximum atomic E-state index is 11.2. The van der Waals surface area contributed by atoms with Crippen LogP contribution in [0.3, 0.4) is 0 Å². The monoisotopic (exact) mass is 411 g/mol. The lowest BCUT2D eigenvalue weighted by molar-refractivity contribution is -0.385. The van der Waals surface area contributed by atoms with Gasteiger partial charge in [-0.25, -0.2) is 4.98 Å². The van der Waals surface area contributed by atoms with Crippen LogP contribution in [0.4, 0.5) is 10.8 Å². The third-order valence-corrected chi connectivity index (χ3v) is 5.56. The summed E-state index contributed by atoms with van der Waals surface area (Å²) in [5.41, 5.74) is 3.35. The number of thiazole rings is 1. The van der Waals surface area contributed by atoms with Gasteiger partial charge in [0.05, 0.1) is 17.7 Å². The summed E-state index contributed by atoms with van der Waals surface area (Å²) in [6.45, 7) is 4.44. The van der Waals surface area contributed by atoms with Crippen LogP contribution in [0.15, 0.2) is 41.8 Å². The second-order valence-corrected chi connectivity index (χ2v) is 8.34. The number of hydrogen-bond acceptors (Lipinski definition) is 7. The van der Waals surface area contributed by atoms with E-state index in [4.69, 9.17) is 9.47 Å². The largest absolute Gasteiger partial charge is 0.493 e. The van der Waals surface area contributed by atoms with E-state index in [1.807, 2.05) is 11.4 Å². The van der Waals surface area contributed by atoms with Crippen molar-refractivity contribution >= 4 is 22.2 Å². The van der Waals surface area contributed by atoms with Crippen molar-refractivity contribution < 1.29 is 14.4 Å². The molecule has 2 aromatic carbocycles. The van der Waals surface area contributed by atoms with Crippen LogP contribution in [0.5, 0.6) is 11.5 Å². The van der Waals surface area contributed by atoms with Crippen LogP contribution in [-0.2, 0) is 13.0 Å². The van der Waals surface area contributed by atoms with Crippen molar-refractivity contribution in [3.8, 4) is 22.8 Å². The van der Waals surface area contributed by atoms with Crippen molar-refractivity contribution in [2.24, 2.45) is 0 Å². The van der Waals surface area contributed by atoms with E-state index in [2.05, 4.69) is 30.2 Å². The molecule has 0 unspecified atom stereocenters. The van der Waals surface area contributed by atoms with Gasteiger partial charge in [0.2, 0.25) is 0 Å². The van der Waals surface area contributed by atoms with E-state index in [-0.39, 0.29) is 16.2 Å². The first-order chi connectivity index (χ1) is 13.9. The molecular formula is C21H21N3O4S. The number of para-hydroxylation sites is 1. The summed E-state index contributed by atoms with van der Waals surface area (Å²) in [7, 11) is 1.63. The maximum Gasteiger partial charge on any atom is 0.274 e. The maximum absolute atomic E-state index is 11.2. The van der Waals surface area contributed by atoms with E-state index in [0.717, 1.165) is 29.0 Å². The van der Waals surface area contributed by atoms with Crippen molar-refractivity contribution in [1.82, 2.24) is 4.98 Å². The van der Waals surface area contributed by atoms with Crippen LogP contribution >= 0.6 is 11.3 Å². The average molecular weight is 411 g/mol. The first-order valence-corrected chi connectivity index (χ1v) is 10.1. The predicted octanol–water partition coefficient (Wildman–Crippen LogP) is 5.05. The molecule has 0 spiro atoms. The Kier molecular flexibility index (Phi) is 4.87. The Labute approximate surface area is 172 Å². The van der Waals surface area contributed by atoms with Crippen LogP contribution < -0.4 is 14.8 Å². The molecule has 1 aliphatic rings. The number of nitrogens with zero attached hydrogens (tertiary/aromatic N) is 2. The summed E-state index contributed by atoms with van der Waals surface area (Å²) in [5, 5.41) is 17.0. The molecule has 3 aromatic rings. The topological polar surface area (TPSA) is 86.5 Å². The van der Waals surface area contributed by atoms with Gasteiger partial charge in [-0.3, -0.25) is 10.1 Å². The SMILES string of the molecule is COc1cc(-c2csc(NCc3ccccc3[N+](=O)[O-])n2)cc2c1OC(C)(C)C2. The number of fused-ring (bicyclic) bond motifs is 1. The van der Waals surface area contributed by atoms with Crippen LogP contribution in [0.2, 0.25) is 0 Å². The fourth-order valence-corrected chi connectivity index (χ4v) is 4.19. The Hall–Kier alpha value is -3.13. The highest BCUT2D eigenvalue weighted by molar-refractivity contribution is 7.14. The summed E-state index contributed by atoms with van der Waals surface area (Å²) in [5.74, 6) is 1.50. The molecule has 4 rings (SSSR count). The summed E-state index contributed by atoms with van der Waals surface area (Å²) < 4.78 is 11.6. The number of nitro groups is 1. The lowest BCUT2D eigenvalue weighted by atomic mass is 9.99. The minimum absolute atomic E-state index is 0.0998. The number of benzene rings is 2. The molecule has 0 saturated heterocycles. The van der Waals surface area contributed by atoms with Gasteiger partial charge in [-0.15, -0.1) is 11.3 Å². The van der Waals surface area contributed by atoms with Crippen molar-refractivity contribution in [2.75, 3.05) is 12.4 Å². The van der Waals surface area contributed by atoms with Crippen molar-refractivity contribution in [2.45, 2.75) is 32.4 Å². The number of hydrogen-bond donors (Lipinski definition) is 1. The first-order valence-electron chi connectivity index (χ1n) is 9.18. The van der Waals surface area contributed by atoms with E-state index < -0.39 is 0 Å². The molecule has 0 bridgehead atoms. The molecule has 1 N–H and O–H groups in total. The third-order valence-electron chi connectivity index (χ3n) is 4.76. The van der Waals surface area contributed by atoms with E-state index in [9.17, 15) is 10.1 Å². The summed E-state index contributed by atoms with van der Waals surface area (Å²) >= 11 is 1.46. The van der Waals surface area contributed by atoms with Gasteiger partial charge in [0.1, 0.15) is 5.60 Å². The van der Waals surface area contributed by atoms with Gasteiger partial charge in [-0.2, -0.15) is 0 Å². The number of nitro benzene ring substituents is 1. The van der Waals surface area contributed by atoms with Gasteiger partial charge in [-0.1, -0.05) is 18.2 Å². The minimum atomic E-state index is -0.370. The van der Waals surface area contributed by atoms with Gasteiger partial charge in [0.25, 0.3) is 5.69 Å². The molecule has 1 aliphatic heterocycles. The quantitative estimate of drug-likeness (QED) is 0.451. The van der Waals surface area contributed by atoms with Crippen molar-refractivity contribution in [3.05, 3.63) is 63.0 Å². The Morgan fingerprint density at radius 1 is 1.34 bits per heavy atom. The standard InChI is InChI=1S/C21H21N3O4S/c1-21(2)10-15-8-14(9-18(27-3)19(15)28-21)16-12-29-20(23-16)22-11-13-6-4-5-7-17(13)24(25)26/h4-9,12H,10-11H2,1-3H3,(H,22,23). The molecule has 1 aromatic heterocycles. The van der Waals surface area contributed by atoms with Crippen LogP contribution in [0.25, 0.3) is 11.3 Å². The molecule has 0 aliphatic carbocycles. The zero-order valence-electron chi connectivity index (χ0n) is 16.4. The van der Waals surface area contributed by atoms with E-state index >= 15 is 0 Å². The molecule has 2 heterocycles. The van der Waals surface area contributed by atoms with E-state index in [1.54, 1.807) is 25.3 Å². The molecule has 0 amide bonds. The molecule has 0 fully saturated rings. The highest BCUT2D eigenvalue weighted by atomic mass is 32.1. The second-order valence-electron chi connectivity index (χ2n) is 7.48. The Bertz CT molecular complexity index is 1080. The van der Waals surface area contributed by atoms with Gasteiger partial charge >= 0.3 is 0 Å². The third kappa shape index (κ3) is 3.88. The minimum Gasteiger partial charge on any atom is -0.493 e. The van der Waals surface area contributed by atoms with Crippen molar-refractivity contribution in [3.63, 3.8) is 0 Å². The van der Waals surface area contributed by atoms with Gasteiger partial charge in [-0.05, 0) is 26.0 Å². The van der Waals surface area contributed by atoms with Gasteiger partial charge in [0.15, 0.2) is 16.6 Å². The molecule has 150 valence electrons. The van der Waals surface area contributed by atoms with E-state index in [0.29, 0.717) is 23.0 Å². The highest BCUT2D eigenvalue weighted by Crippen LogP contribution is 2.44. The molecule has 7 nitrogen and oxygen atoms in total. The molecule has 8 heteroatoms. The fourth-order valence-electron chi connectivity index (χ4n) is 3.47. The average Bonchev–Trinajstić information content (AvgIpc) is 3.28. The lowest BCUT2D eigenvalue weighted by Gasteiger charge is -2.17. The van der Waals surface area contributed by atoms with Crippen LogP contribution in [-0.4, -0.2) is 22.6 Å². The summed E-state index contributed by atoms with van der Waals surface area (Å²) in [4.78, 5) is 15.4. The number of aromatic nitrogens is 1. The van der Waals surface area contributed by atoms with Crippen LogP contribution in [0, 0.1) is 10.1 Å². The number of nitrogens with one attached hydrogen (secondary N) is 1. The zero-order valence-corrected chi connectivity index (χ0v) is 17.2. The Morgan fingerprint density at radius 3 is 2.90 bits per heavy atom. The number of ether oxygens (including phenoxy) is 2. The number of rotatable bonds is 6. The molecular weight excluding hydrogens is 390 g/mol. The Morgan fingerprint density at radius 2 is 2.14 bits per heavy atom. The molecule has 29 heavy (non-hydrogen) atoms. The Balaban J connectivity index is 1.55. The molecule has 0 radical (unpaired) electrons. The normalized spacial score (nSPS) is 14.2. The fraction of sp³-hybridized carbons (Fsp3) is 0.286. The second kappa shape index (κ2) is 7.36. The van der Waals surface area contributed by atoms with E-state index in [1.165, 1.54) is 17.4 Å². The summed E-state index contributed by atoms with van der Waals surface area (Å²) in [6, 6.07) is 10.7. The van der Waals surface area contributed by atoms with Crippen LogP contribution in [0.1, 0.15) is 25.0 Å². The number of methoxy groups -OCH3 is 1. The van der Waals surface area contributed by atoms with Gasteiger partial charge in [0, 0.05) is 41.1 Å². The van der Waals surface area contributed by atoms with Crippen molar-refractivity contribution in [1.29, 1.82) is 0 Å². The summed E-state index contributed by atoms with van der Waals surface area (Å²) in [6.07, 6.45) is 0.805. The number of anilines is 1. The smallest absolute Gasteiger partial charge is 0.274 e. The molecule has 0 saturated carbocycles. The molecule has 0 atom stereocenters. The first kappa shape index (κ1) is 19.2. The highest BCUT2D eigenvalue weighted by Gasteiger charge is 2.33. The predicted molar refractivity (Wildman–Crippen MR) is 113 cm³/mol. The van der Waals surface area contributed by atoms with Gasteiger partial charge < -0.3 is 14.8 Å². The zero-order chi connectivity index (χ0) is 20.6. The lowest BCUT2D eigenvalue weighted by Crippen LogP contribution is -2.24.